The fourth-order valence-electron chi connectivity index (χ4n) is 2.52. The van der Waals surface area contributed by atoms with Gasteiger partial charge in [-0.3, -0.25) is 0 Å². The summed E-state index contributed by atoms with van der Waals surface area (Å²) < 4.78 is 5.67. The SMILES string of the molecule is CC(C)Oc1ccc(-c2nc3c(s2)CCCC3N)cc1. The first-order valence-electron chi connectivity index (χ1n) is 7.16. The molecule has 1 aromatic heterocycles. The lowest BCUT2D eigenvalue weighted by Crippen LogP contribution is -2.16. The van der Waals surface area contributed by atoms with Gasteiger partial charge < -0.3 is 10.5 Å². The smallest absolute Gasteiger partial charge is 0.123 e. The monoisotopic (exact) mass is 288 g/mol. The van der Waals surface area contributed by atoms with Crippen LogP contribution in [0.5, 0.6) is 5.75 Å². The lowest BCUT2D eigenvalue weighted by Gasteiger charge is -2.15. The largest absolute Gasteiger partial charge is 0.491 e. The Morgan fingerprint density at radius 1 is 1.30 bits per heavy atom. The highest BCUT2D eigenvalue weighted by Gasteiger charge is 2.22. The second-order valence-electron chi connectivity index (χ2n) is 5.52. The maximum absolute atomic E-state index is 6.14. The topological polar surface area (TPSA) is 48.1 Å². The molecule has 0 bridgehead atoms. The molecule has 20 heavy (non-hydrogen) atoms. The van der Waals surface area contributed by atoms with Gasteiger partial charge in [0.25, 0.3) is 0 Å². The molecule has 0 spiro atoms. The lowest BCUT2D eigenvalue weighted by atomic mass is 9.99. The van der Waals surface area contributed by atoms with Crippen LogP contribution in [0.4, 0.5) is 0 Å². The molecule has 1 aliphatic carbocycles. The first-order chi connectivity index (χ1) is 9.63. The molecule has 2 aromatic rings. The van der Waals surface area contributed by atoms with Crippen LogP contribution in [0.25, 0.3) is 10.6 Å². The predicted octanol–water partition coefficient (Wildman–Crippen LogP) is 3.93. The zero-order chi connectivity index (χ0) is 14.1. The predicted molar refractivity (Wildman–Crippen MR) is 83.2 cm³/mol. The van der Waals surface area contributed by atoms with E-state index in [4.69, 9.17) is 15.5 Å². The molecule has 3 rings (SSSR count). The van der Waals surface area contributed by atoms with Gasteiger partial charge in [-0.25, -0.2) is 4.98 Å². The van der Waals surface area contributed by atoms with E-state index in [1.54, 1.807) is 11.3 Å². The minimum absolute atomic E-state index is 0.118. The van der Waals surface area contributed by atoms with Gasteiger partial charge >= 0.3 is 0 Å². The zero-order valence-corrected chi connectivity index (χ0v) is 12.7. The maximum Gasteiger partial charge on any atom is 0.123 e. The second kappa shape index (κ2) is 5.54. The van der Waals surface area contributed by atoms with E-state index in [0.717, 1.165) is 34.9 Å². The minimum Gasteiger partial charge on any atom is -0.491 e. The molecule has 0 saturated carbocycles. The van der Waals surface area contributed by atoms with Gasteiger partial charge in [0.15, 0.2) is 0 Å². The van der Waals surface area contributed by atoms with Crippen molar-refractivity contribution in [1.82, 2.24) is 4.98 Å². The number of hydrogen-bond acceptors (Lipinski definition) is 4. The van der Waals surface area contributed by atoms with Crippen molar-refractivity contribution in [3.63, 3.8) is 0 Å². The van der Waals surface area contributed by atoms with Crippen molar-refractivity contribution in [2.75, 3.05) is 0 Å². The highest BCUT2D eigenvalue weighted by Crippen LogP contribution is 2.36. The first-order valence-corrected chi connectivity index (χ1v) is 7.97. The average molecular weight is 288 g/mol. The molecule has 1 aliphatic rings. The third kappa shape index (κ3) is 2.72. The molecule has 106 valence electrons. The molecule has 3 nitrogen and oxygen atoms in total. The Balaban J connectivity index is 1.86. The van der Waals surface area contributed by atoms with Gasteiger partial charge in [-0.1, -0.05) is 0 Å². The summed E-state index contributed by atoms with van der Waals surface area (Å²) in [7, 11) is 0. The third-order valence-corrected chi connectivity index (χ3v) is 4.65. The number of benzene rings is 1. The number of nitrogens with zero attached hydrogens (tertiary/aromatic N) is 1. The van der Waals surface area contributed by atoms with Crippen molar-refractivity contribution < 1.29 is 4.74 Å². The van der Waals surface area contributed by atoms with Crippen LogP contribution >= 0.6 is 11.3 Å². The molecule has 0 radical (unpaired) electrons. The second-order valence-corrected chi connectivity index (χ2v) is 6.60. The molecule has 1 atom stereocenters. The van der Waals surface area contributed by atoms with E-state index >= 15 is 0 Å². The van der Waals surface area contributed by atoms with Gasteiger partial charge in [-0.2, -0.15) is 0 Å². The van der Waals surface area contributed by atoms with Crippen LogP contribution in [-0.2, 0) is 6.42 Å². The molecule has 1 aromatic carbocycles. The highest BCUT2D eigenvalue weighted by molar-refractivity contribution is 7.15. The van der Waals surface area contributed by atoms with Gasteiger partial charge in [0.1, 0.15) is 10.8 Å². The Morgan fingerprint density at radius 3 is 2.70 bits per heavy atom. The molecule has 0 fully saturated rings. The van der Waals surface area contributed by atoms with E-state index in [2.05, 4.69) is 12.1 Å². The van der Waals surface area contributed by atoms with E-state index in [0.29, 0.717) is 0 Å². The van der Waals surface area contributed by atoms with Crippen LogP contribution in [0.2, 0.25) is 0 Å². The summed E-state index contributed by atoms with van der Waals surface area (Å²) in [5.41, 5.74) is 8.40. The van der Waals surface area contributed by atoms with Crippen molar-refractivity contribution in [1.29, 1.82) is 0 Å². The number of thiazole rings is 1. The van der Waals surface area contributed by atoms with E-state index in [-0.39, 0.29) is 12.1 Å². The normalized spacial score (nSPS) is 18.1. The van der Waals surface area contributed by atoms with Crippen LogP contribution in [0.1, 0.15) is 43.3 Å². The summed E-state index contributed by atoms with van der Waals surface area (Å²) in [6.45, 7) is 4.06. The molecule has 0 saturated heterocycles. The number of aryl methyl sites for hydroxylation is 1. The van der Waals surface area contributed by atoms with Crippen LogP contribution in [0, 0.1) is 0 Å². The van der Waals surface area contributed by atoms with E-state index in [1.807, 2.05) is 26.0 Å². The summed E-state index contributed by atoms with van der Waals surface area (Å²) in [6.07, 6.45) is 3.55. The summed E-state index contributed by atoms with van der Waals surface area (Å²) in [4.78, 5) is 6.11. The van der Waals surface area contributed by atoms with Crippen LogP contribution in [0.15, 0.2) is 24.3 Å². The van der Waals surface area contributed by atoms with Crippen molar-refractivity contribution >= 4 is 11.3 Å². The van der Waals surface area contributed by atoms with E-state index in [1.165, 1.54) is 11.3 Å². The number of fused-ring (bicyclic) bond motifs is 1. The Hall–Kier alpha value is -1.39. The van der Waals surface area contributed by atoms with Crippen molar-refractivity contribution in [3.8, 4) is 16.3 Å². The fourth-order valence-corrected chi connectivity index (χ4v) is 3.70. The van der Waals surface area contributed by atoms with Crippen LogP contribution < -0.4 is 10.5 Å². The Labute approximate surface area is 123 Å². The summed E-state index contributed by atoms with van der Waals surface area (Å²) in [5, 5.41) is 1.07. The minimum atomic E-state index is 0.118. The first kappa shape index (κ1) is 13.6. The molecule has 1 unspecified atom stereocenters. The summed E-state index contributed by atoms with van der Waals surface area (Å²) >= 11 is 1.78. The Morgan fingerprint density at radius 2 is 2.05 bits per heavy atom. The number of ether oxygens (including phenoxy) is 1. The van der Waals surface area contributed by atoms with Crippen molar-refractivity contribution in [3.05, 3.63) is 34.8 Å². The van der Waals surface area contributed by atoms with Crippen molar-refractivity contribution in [2.24, 2.45) is 5.73 Å². The van der Waals surface area contributed by atoms with Gasteiger partial charge in [0, 0.05) is 16.5 Å². The van der Waals surface area contributed by atoms with Crippen molar-refractivity contribution in [2.45, 2.75) is 45.3 Å². The van der Waals surface area contributed by atoms with Gasteiger partial charge in [0.05, 0.1) is 11.8 Å². The molecule has 0 aliphatic heterocycles. The standard InChI is InChI=1S/C16H20N2OS/c1-10(2)19-12-8-6-11(7-9-12)16-18-15-13(17)4-3-5-14(15)20-16/h6-10,13H,3-5,17H2,1-2H3. The highest BCUT2D eigenvalue weighted by atomic mass is 32.1. The molecular weight excluding hydrogens is 268 g/mol. The van der Waals surface area contributed by atoms with Gasteiger partial charge in [-0.05, 0) is 57.4 Å². The molecule has 0 amide bonds. The molecule has 4 heteroatoms. The van der Waals surface area contributed by atoms with E-state index < -0.39 is 0 Å². The van der Waals surface area contributed by atoms with Gasteiger partial charge in [0.2, 0.25) is 0 Å². The molecular formula is C16H20N2OS. The fraction of sp³-hybridized carbons (Fsp3) is 0.438. The molecule has 1 heterocycles. The molecule has 2 N–H and O–H groups in total. The number of hydrogen-bond donors (Lipinski definition) is 1. The Kier molecular flexibility index (Phi) is 3.76. The lowest BCUT2D eigenvalue weighted by molar-refractivity contribution is 0.242. The van der Waals surface area contributed by atoms with Crippen LogP contribution in [0.3, 0.4) is 0 Å². The Bertz CT molecular complexity index is 589. The number of rotatable bonds is 3. The quantitative estimate of drug-likeness (QED) is 0.930. The summed E-state index contributed by atoms with van der Waals surface area (Å²) in [6, 6.07) is 8.29. The number of nitrogens with two attached hydrogens (primary N) is 1. The number of aromatic nitrogens is 1. The third-order valence-electron chi connectivity index (χ3n) is 3.47. The average Bonchev–Trinajstić information content (AvgIpc) is 2.84. The maximum atomic E-state index is 6.14. The zero-order valence-electron chi connectivity index (χ0n) is 11.9. The van der Waals surface area contributed by atoms with E-state index in [9.17, 15) is 0 Å². The summed E-state index contributed by atoms with van der Waals surface area (Å²) in [5.74, 6) is 0.904. The van der Waals surface area contributed by atoms with Crippen LogP contribution in [-0.4, -0.2) is 11.1 Å². The van der Waals surface area contributed by atoms with Gasteiger partial charge in [-0.15, -0.1) is 11.3 Å².